The number of phenols is 1. The number of aliphatic carboxylic acids is 1. The maximum Gasteiger partial charge on any atom is 0.337 e. The van der Waals surface area contributed by atoms with Gasteiger partial charge in [0.2, 0.25) is 0 Å². The van der Waals surface area contributed by atoms with Gasteiger partial charge in [-0.05, 0) is 18.6 Å². The van der Waals surface area contributed by atoms with Crippen LogP contribution in [0.5, 0.6) is 5.75 Å². The largest absolute Gasteiger partial charge is 0.502 e. The average molecular weight is 331 g/mol. The number of anilines is 1. The molecule has 22 heavy (non-hydrogen) atoms. The highest BCUT2D eigenvalue weighted by molar-refractivity contribution is 8.23. The number of benzene rings is 1. The van der Waals surface area contributed by atoms with Gasteiger partial charge in [0.05, 0.1) is 10.6 Å². The Hall–Kier alpha value is -2.37. The van der Waals surface area contributed by atoms with Crippen LogP contribution in [0.1, 0.15) is 13.3 Å². The predicted molar refractivity (Wildman–Crippen MR) is 78.4 cm³/mol. The molecule has 0 bridgehead atoms. The number of nitrogens with zero attached hydrogens (tertiary/aromatic N) is 2. The molecule has 5 N–H and O–H groups in total. The summed E-state index contributed by atoms with van der Waals surface area (Å²) in [6, 6.07) is 2.19. The van der Waals surface area contributed by atoms with Crippen LogP contribution >= 0.6 is 10.8 Å². The molecule has 0 spiro atoms. The topological polar surface area (TPSA) is 166 Å². The quantitative estimate of drug-likeness (QED) is 0.318. The van der Waals surface area contributed by atoms with E-state index in [4.69, 9.17) is 5.11 Å². The van der Waals surface area contributed by atoms with E-state index >= 15 is 0 Å². The SMILES string of the molecule is CCC(C(=O)O)C1=NS(O)(O)c2c(ccc(O)c2[N+](=O)[O-])N1. The van der Waals surface area contributed by atoms with E-state index in [1.54, 1.807) is 6.92 Å². The molecule has 0 aromatic heterocycles. The summed E-state index contributed by atoms with van der Waals surface area (Å²) in [4.78, 5) is 20.7. The molecule has 1 aromatic carbocycles. The van der Waals surface area contributed by atoms with E-state index in [1.165, 1.54) is 6.07 Å². The van der Waals surface area contributed by atoms with E-state index in [-0.39, 0.29) is 17.9 Å². The highest BCUT2D eigenvalue weighted by Crippen LogP contribution is 2.60. The van der Waals surface area contributed by atoms with Gasteiger partial charge < -0.3 is 15.5 Å². The van der Waals surface area contributed by atoms with Crippen LogP contribution < -0.4 is 5.32 Å². The van der Waals surface area contributed by atoms with Crippen LogP contribution in [0.3, 0.4) is 0 Å². The number of rotatable bonds is 4. The Bertz CT molecular complexity index is 689. The highest BCUT2D eigenvalue weighted by atomic mass is 32.3. The molecule has 1 atom stereocenters. The number of aromatic hydroxyl groups is 1. The van der Waals surface area contributed by atoms with Gasteiger partial charge in [-0.1, -0.05) is 17.7 Å². The summed E-state index contributed by atoms with van der Waals surface area (Å²) in [7, 11) is -4.02. The van der Waals surface area contributed by atoms with Crippen LogP contribution in [0.15, 0.2) is 21.4 Å². The fraction of sp³-hybridized carbons (Fsp3) is 0.273. The summed E-state index contributed by atoms with van der Waals surface area (Å²) < 4.78 is 23.7. The first kappa shape index (κ1) is 16.0. The van der Waals surface area contributed by atoms with Gasteiger partial charge in [0.1, 0.15) is 11.8 Å². The van der Waals surface area contributed by atoms with Gasteiger partial charge in [-0.3, -0.25) is 24.0 Å². The normalized spacial score (nSPS) is 18.4. The number of carbonyl (C=O) groups is 1. The van der Waals surface area contributed by atoms with Crippen LogP contribution in [-0.2, 0) is 4.79 Å². The molecular weight excluding hydrogens is 318 g/mol. The number of nitro benzene ring substituents is 1. The van der Waals surface area contributed by atoms with E-state index in [0.717, 1.165) is 6.07 Å². The van der Waals surface area contributed by atoms with Crippen molar-refractivity contribution >= 4 is 34.0 Å². The molecule has 0 aliphatic carbocycles. The number of fused-ring (bicyclic) bond motifs is 1. The van der Waals surface area contributed by atoms with Gasteiger partial charge in [-0.2, -0.15) is 0 Å². The van der Waals surface area contributed by atoms with Crippen LogP contribution in [0.25, 0.3) is 0 Å². The van der Waals surface area contributed by atoms with Crippen molar-refractivity contribution in [2.24, 2.45) is 10.3 Å². The molecule has 1 aliphatic heterocycles. The van der Waals surface area contributed by atoms with E-state index in [9.17, 15) is 29.1 Å². The number of amidine groups is 1. The van der Waals surface area contributed by atoms with E-state index < -0.39 is 43.9 Å². The van der Waals surface area contributed by atoms with E-state index in [2.05, 4.69) is 9.71 Å². The summed E-state index contributed by atoms with van der Waals surface area (Å²) in [5.74, 6) is -3.29. The zero-order valence-corrected chi connectivity index (χ0v) is 12.1. The van der Waals surface area contributed by atoms with Crippen molar-refractivity contribution in [3.05, 3.63) is 22.2 Å². The molecule has 1 aliphatic rings. The van der Waals surface area contributed by atoms with E-state index in [0.29, 0.717) is 0 Å². The first-order valence-corrected chi connectivity index (χ1v) is 7.57. The number of phenolic OH excluding ortho intramolecular Hbond substituents is 1. The lowest BCUT2D eigenvalue weighted by Crippen LogP contribution is -2.32. The van der Waals surface area contributed by atoms with Crippen molar-refractivity contribution in [1.82, 2.24) is 0 Å². The number of nitro groups is 1. The first-order chi connectivity index (χ1) is 10.2. The van der Waals surface area contributed by atoms with Crippen molar-refractivity contribution in [2.45, 2.75) is 18.2 Å². The minimum Gasteiger partial charge on any atom is -0.502 e. The van der Waals surface area contributed by atoms with Gasteiger partial charge in [-0.15, -0.1) is 4.40 Å². The molecule has 120 valence electrons. The summed E-state index contributed by atoms with van der Waals surface area (Å²) >= 11 is 0. The molecule has 0 saturated heterocycles. The van der Waals surface area contributed by atoms with Gasteiger partial charge in [0.15, 0.2) is 10.6 Å². The van der Waals surface area contributed by atoms with Crippen LogP contribution in [-0.4, -0.2) is 36.0 Å². The number of carboxylic acid groups (broad SMARTS) is 1. The molecule has 1 aromatic rings. The summed E-state index contributed by atoms with van der Waals surface area (Å²) in [5, 5.41) is 32.3. The van der Waals surface area contributed by atoms with Crippen molar-refractivity contribution in [2.75, 3.05) is 5.32 Å². The minimum atomic E-state index is -4.02. The second-order valence-corrected chi connectivity index (χ2v) is 6.11. The third-order valence-corrected chi connectivity index (χ3v) is 4.50. The van der Waals surface area contributed by atoms with Gasteiger partial charge in [0.25, 0.3) is 0 Å². The molecule has 0 saturated carbocycles. The molecule has 1 heterocycles. The fourth-order valence-corrected chi connectivity index (χ4v) is 3.48. The zero-order valence-electron chi connectivity index (χ0n) is 11.3. The maximum absolute atomic E-state index is 11.2. The second-order valence-electron chi connectivity index (χ2n) is 4.49. The molecule has 10 nitrogen and oxygen atoms in total. The Morgan fingerprint density at radius 1 is 1.50 bits per heavy atom. The Morgan fingerprint density at radius 2 is 2.14 bits per heavy atom. The first-order valence-electron chi connectivity index (χ1n) is 6.07. The number of hydrogen-bond acceptors (Lipinski definition) is 8. The molecule has 2 rings (SSSR count). The minimum absolute atomic E-state index is 0.0748. The lowest BCUT2D eigenvalue weighted by atomic mass is 10.1. The Labute approximate surface area is 125 Å². The monoisotopic (exact) mass is 331 g/mol. The van der Waals surface area contributed by atoms with Crippen molar-refractivity contribution < 1.29 is 29.0 Å². The van der Waals surface area contributed by atoms with Crippen LogP contribution in [0.2, 0.25) is 0 Å². The molecule has 0 amide bonds. The lowest BCUT2D eigenvalue weighted by Gasteiger charge is -2.34. The number of carboxylic acids is 1. The van der Waals surface area contributed by atoms with Crippen LogP contribution in [0.4, 0.5) is 11.4 Å². The molecular formula is C11H13N3O7S. The Kier molecular flexibility index (Phi) is 3.96. The zero-order chi connectivity index (χ0) is 16.7. The molecule has 0 radical (unpaired) electrons. The van der Waals surface area contributed by atoms with Crippen molar-refractivity contribution in [3.8, 4) is 5.75 Å². The third-order valence-electron chi connectivity index (χ3n) is 3.09. The Morgan fingerprint density at radius 3 is 2.64 bits per heavy atom. The second kappa shape index (κ2) is 5.44. The van der Waals surface area contributed by atoms with Gasteiger partial charge in [0, 0.05) is 0 Å². The average Bonchev–Trinajstić information content (AvgIpc) is 2.38. The van der Waals surface area contributed by atoms with Crippen molar-refractivity contribution in [1.29, 1.82) is 0 Å². The number of nitrogens with one attached hydrogen (secondary N) is 1. The Balaban J connectivity index is 2.63. The third kappa shape index (κ3) is 2.56. The van der Waals surface area contributed by atoms with E-state index in [1.807, 2.05) is 0 Å². The number of hydrogen-bond donors (Lipinski definition) is 5. The van der Waals surface area contributed by atoms with Gasteiger partial charge >= 0.3 is 11.7 Å². The summed E-state index contributed by atoms with van der Waals surface area (Å²) in [6.45, 7) is 1.57. The predicted octanol–water partition coefficient (Wildman–Crippen LogP) is 2.26. The lowest BCUT2D eigenvalue weighted by molar-refractivity contribution is -0.388. The summed E-state index contributed by atoms with van der Waals surface area (Å²) in [5.41, 5.74) is -0.953. The highest BCUT2D eigenvalue weighted by Gasteiger charge is 2.39. The molecule has 11 heteroatoms. The van der Waals surface area contributed by atoms with Crippen LogP contribution in [0, 0.1) is 16.0 Å². The van der Waals surface area contributed by atoms with Gasteiger partial charge in [-0.25, -0.2) is 0 Å². The molecule has 1 unspecified atom stereocenters. The smallest absolute Gasteiger partial charge is 0.337 e. The van der Waals surface area contributed by atoms with Crippen molar-refractivity contribution in [3.63, 3.8) is 0 Å². The fourth-order valence-electron chi connectivity index (χ4n) is 2.09. The standard InChI is InChI=1S/C11H13N3O7S/c1-2-5(11(16)17)10-12-6-3-4-7(15)8(14(18)19)9(6)22(20,21)13-10/h3-5,15,20-21H,2H2,1H3,(H,12,13)(H,16,17). The molecule has 0 fully saturated rings. The maximum atomic E-state index is 11.2. The summed E-state index contributed by atoms with van der Waals surface area (Å²) in [6.07, 6.45) is 0.131.